The van der Waals surface area contributed by atoms with Crippen LogP contribution in [0, 0.1) is 6.92 Å². The van der Waals surface area contributed by atoms with Crippen LogP contribution < -0.4 is 4.72 Å². The molecule has 0 aliphatic heterocycles. The smallest absolute Gasteiger partial charge is 0.217 e. The maximum Gasteiger partial charge on any atom is 0.217 e. The molecular weight excluding hydrogens is 286 g/mol. The van der Waals surface area contributed by atoms with Crippen LogP contribution in [0.5, 0.6) is 0 Å². The Balaban J connectivity index is 1.83. The fourth-order valence-electron chi connectivity index (χ4n) is 2.22. The van der Waals surface area contributed by atoms with Crippen LogP contribution in [0.4, 0.5) is 0 Å². The van der Waals surface area contributed by atoms with Gasteiger partial charge in [-0.05, 0) is 44.4 Å². The SMILES string of the molecule is Cc1ccn(-c2ccccc2CNS(=O)(=O)C2(C)CC2)n1. The fourth-order valence-corrected chi connectivity index (χ4v) is 3.56. The molecule has 0 amide bonds. The van der Waals surface area contributed by atoms with E-state index >= 15 is 0 Å². The van der Waals surface area contributed by atoms with Gasteiger partial charge >= 0.3 is 0 Å². The van der Waals surface area contributed by atoms with Crippen molar-refractivity contribution in [3.05, 3.63) is 47.8 Å². The molecule has 0 radical (unpaired) electrons. The fraction of sp³-hybridized carbons (Fsp3) is 0.400. The lowest BCUT2D eigenvalue weighted by Gasteiger charge is -2.14. The minimum atomic E-state index is -3.26. The maximum absolute atomic E-state index is 12.2. The third-order valence-electron chi connectivity index (χ3n) is 4.02. The Morgan fingerprint density at radius 1 is 1.29 bits per heavy atom. The second-order valence-corrected chi connectivity index (χ2v) is 8.09. The normalized spacial score (nSPS) is 16.9. The molecule has 0 unspecified atom stereocenters. The molecule has 1 aliphatic rings. The number of nitrogens with zero attached hydrogens (tertiary/aromatic N) is 2. The van der Waals surface area contributed by atoms with E-state index in [9.17, 15) is 8.42 Å². The Kier molecular flexibility index (Phi) is 3.37. The van der Waals surface area contributed by atoms with Crippen molar-refractivity contribution in [2.45, 2.75) is 38.0 Å². The van der Waals surface area contributed by atoms with Gasteiger partial charge in [0, 0.05) is 12.7 Å². The molecule has 2 aromatic rings. The first-order valence-corrected chi connectivity index (χ1v) is 8.49. The lowest BCUT2D eigenvalue weighted by Crippen LogP contribution is -2.33. The zero-order chi connectivity index (χ0) is 15.1. The minimum Gasteiger partial charge on any atom is -0.240 e. The molecule has 6 heteroatoms. The van der Waals surface area contributed by atoms with Gasteiger partial charge < -0.3 is 0 Å². The number of hydrogen-bond acceptors (Lipinski definition) is 3. The summed E-state index contributed by atoms with van der Waals surface area (Å²) in [5, 5.41) is 4.39. The third kappa shape index (κ3) is 2.73. The molecule has 1 N–H and O–H groups in total. The molecule has 0 saturated heterocycles. The number of benzene rings is 1. The molecule has 0 atom stereocenters. The largest absolute Gasteiger partial charge is 0.240 e. The van der Waals surface area contributed by atoms with E-state index in [4.69, 9.17) is 0 Å². The summed E-state index contributed by atoms with van der Waals surface area (Å²) < 4.78 is 28.3. The molecule has 3 rings (SSSR count). The Labute approximate surface area is 125 Å². The predicted octanol–water partition coefficient (Wildman–Crippen LogP) is 2.15. The first-order chi connectivity index (χ1) is 9.91. The second kappa shape index (κ2) is 4.96. The minimum absolute atomic E-state index is 0.285. The molecule has 1 aromatic heterocycles. The number of nitrogens with one attached hydrogen (secondary N) is 1. The number of aromatic nitrogens is 2. The maximum atomic E-state index is 12.2. The summed E-state index contributed by atoms with van der Waals surface area (Å²) in [6.07, 6.45) is 3.36. The van der Waals surface area contributed by atoms with Crippen LogP contribution in [0.25, 0.3) is 5.69 Å². The van der Waals surface area contributed by atoms with Crippen LogP contribution in [-0.2, 0) is 16.6 Å². The van der Waals surface area contributed by atoms with Crippen LogP contribution in [0.3, 0.4) is 0 Å². The molecule has 1 aliphatic carbocycles. The van der Waals surface area contributed by atoms with Crippen LogP contribution in [0.2, 0.25) is 0 Å². The van der Waals surface area contributed by atoms with Gasteiger partial charge in [-0.15, -0.1) is 0 Å². The van der Waals surface area contributed by atoms with Gasteiger partial charge in [0.05, 0.1) is 16.1 Å². The summed E-state index contributed by atoms with van der Waals surface area (Å²) in [5.41, 5.74) is 2.73. The van der Waals surface area contributed by atoms with E-state index in [0.29, 0.717) is 0 Å². The van der Waals surface area contributed by atoms with Gasteiger partial charge in [-0.2, -0.15) is 5.10 Å². The highest BCUT2D eigenvalue weighted by Crippen LogP contribution is 2.42. The Bertz CT molecular complexity index is 761. The van der Waals surface area contributed by atoms with Gasteiger partial charge in [-0.3, -0.25) is 0 Å². The van der Waals surface area contributed by atoms with E-state index in [1.807, 2.05) is 43.5 Å². The molecule has 1 heterocycles. The Hall–Kier alpha value is -1.66. The molecular formula is C15H19N3O2S. The molecule has 1 fully saturated rings. The van der Waals surface area contributed by atoms with Gasteiger partial charge in [0.2, 0.25) is 10.0 Å². The van der Waals surface area contributed by atoms with Gasteiger partial charge in [0.15, 0.2) is 0 Å². The number of para-hydroxylation sites is 1. The lowest BCUT2D eigenvalue weighted by atomic mass is 10.2. The van der Waals surface area contributed by atoms with Crippen LogP contribution in [0.1, 0.15) is 31.0 Å². The van der Waals surface area contributed by atoms with Gasteiger partial charge in [-0.1, -0.05) is 18.2 Å². The van der Waals surface area contributed by atoms with E-state index in [2.05, 4.69) is 9.82 Å². The highest BCUT2D eigenvalue weighted by atomic mass is 32.2. The van der Waals surface area contributed by atoms with E-state index in [1.165, 1.54) is 0 Å². The van der Waals surface area contributed by atoms with Crippen molar-refractivity contribution in [3.63, 3.8) is 0 Å². The highest BCUT2D eigenvalue weighted by molar-refractivity contribution is 7.91. The summed E-state index contributed by atoms with van der Waals surface area (Å²) in [5.74, 6) is 0. The molecule has 21 heavy (non-hydrogen) atoms. The first-order valence-electron chi connectivity index (χ1n) is 7.01. The van der Waals surface area contributed by atoms with Gasteiger partial charge in [0.1, 0.15) is 0 Å². The summed E-state index contributed by atoms with van der Waals surface area (Å²) >= 11 is 0. The summed E-state index contributed by atoms with van der Waals surface area (Å²) in [4.78, 5) is 0. The zero-order valence-corrected chi connectivity index (χ0v) is 13.0. The highest BCUT2D eigenvalue weighted by Gasteiger charge is 2.49. The number of aryl methyl sites for hydroxylation is 1. The topological polar surface area (TPSA) is 64.0 Å². The van der Waals surface area contributed by atoms with E-state index in [-0.39, 0.29) is 6.54 Å². The molecule has 112 valence electrons. The van der Waals surface area contributed by atoms with Crippen molar-refractivity contribution < 1.29 is 8.42 Å². The van der Waals surface area contributed by atoms with Crippen LogP contribution >= 0.6 is 0 Å². The Morgan fingerprint density at radius 2 is 2.00 bits per heavy atom. The summed E-state index contributed by atoms with van der Waals surface area (Å²) in [6, 6.07) is 9.61. The monoisotopic (exact) mass is 305 g/mol. The molecule has 0 bridgehead atoms. The van der Waals surface area contributed by atoms with Crippen molar-refractivity contribution in [2.24, 2.45) is 0 Å². The first kappa shape index (κ1) is 14.3. The van der Waals surface area contributed by atoms with Gasteiger partial charge in [-0.25, -0.2) is 17.8 Å². The summed E-state index contributed by atoms with van der Waals surface area (Å²) in [7, 11) is -3.26. The van der Waals surface area contributed by atoms with Crippen molar-refractivity contribution in [3.8, 4) is 5.69 Å². The van der Waals surface area contributed by atoms with Crippen molar-refractivity contribution in [1.82, 2.24) is 14.5 Å². The average molecular weight is 305 g/mol. The molecule has 5 nitrogen and oxygen atoms in total. The van der Waals surface area contributed by atoms with E-state index in [1.54, 1.807) is 11.6 Å². The predicted molar refractivity (Wildman–Crippen MR) is 81.7 cm³/mol. The van der Waals surface area contributed by atoms with Crippen LogP contribution in [-0.4, -0.2) is 22.9 Å². The molecule has 1 aromatic carbocycles. The van der Waals surface area contributed by atoms with E-state index < -0.39 is 14.8 Å². The molecule has 0 spiro atoms. The number of rotatable bonds is 5. The standard InChI is InChI=1S/C15H19N3O2S/c1-12-7-10-18(17-12)14-6-4-3-5-13(14)11-16-21(19,20)15(2)8-9-15/h3-7,10,16H,8-9,11H2,1-2H3. The number of hydrogen-bond donors (Lipinski definition) is 1. The quantitative estimate of drug-likeness (QED) is 0.920. The van der Waals surface area contributed by atoms with Gasteiger partial charge in [0.25, 0.3) is 0 Å². The Morgan fingerprint density at radius 3 is 2.62 bits per heavy atom. The van der Waals surface area contributed by atoms with Crippen molar-refractivity contribution in [2.75, 3.05) is 0 Å². The average Bonchev–Trinajstić information content (AvgIpc) is 3.08. The zero-order valence-electron chi connectivity index (χ0n) is 12.2. The second-order valence-electron chi connectivity index (χ2n) is 5.80. The number of sulfonamides is 1. The molecule has 1 saturated carbocycles. The van der Waals surface area contributed by atoms with Crippen molar-refractivity contribution in [1.29, 1.82) is 0 Å². The lowest BCUT2D eigenvalue weighted by molar-refractivity contribution is 0.566. The summed E-state index contributed by atoms with van der Waals surface area (Å²) in [6.45, 7) is 4.00. The third-order valence-corrected chi connectivity index (χ3v) is 6.25. The van der Waals surface area contributed by atoms with Crippen molar-refractivity contribution >= 4 is 10.0 Å². The van der Waals surface area contributed by atoms with E-state index in [0.717, 1.165) is 29.8 Å². The van der Waals surface area contributed by atoms with Crippen LogP contribution in [0.15, 0.2) is 36.5 Å².